The number of hydrogen-bond acceptors (Lipinski definition) is 6. The van der Waals surface area contributed by atoms with Gasteiger partial charge in [-0.15, -0.1) is 0 Å². The standard InChI is InChI=1S/C16H9F4N7/c17-8-6-21-5-4-9(8)25-15-12-14(23-7-22-12)26-13(27-15)10-2-1-3-11(24-10)16(18,19)20/h1-7H,(H2,21,22,23,25,26,27). The highest BCUT2D eigenvalue weighted by molar-refractivity contribution is 5.86. The van der Waals surface area contributed by atoms with Gasteiger partial charge >= 0.3 is 6.18 Å². The highest BCUT2D eigenvalue weighted by Gasteiger charge is 2.32. The molecule has 11 heteroatoms. The normalized spacial score (nSPS) is 11.7. The van der Waals surface area contributed by atoms with Crippen molar-refractivity contribution in [2.45, 2.75) is 6.18 Å². The molecular formula is C16H9F4N7. The predicted molar refractivity (Wildman–Crippen MR) is 87.4 cm³/mol. The number of pyridine rings is 2. The van der Waals surface area contributed by atoms with Crippen molar-refractivity contribution < 1.29 is 17.6 Å². The van der Waals surface area contributed by atoms with Crippen LogP contribution in [0.25, 0.3) is 22.7 Å². The van der Waals surface area contributed by atoms with Crippen molar-refractivity contribution in [2.24, 2.45) is 0 Å². The lowest BCUT2D eigenvalue weighted by molar-refractivity contribution is -0.141. The number of rotatable bonds is 3. The first kappa shape index (κ1) is 16.8. The van der Waals surface area contributed by atoms with E-state index in [0.717, 1.165) is 12.3 Å². The van der Waals surface area contributed by atoms with Crippen LogP contribution in [0.2, 0.25) is 0 Å². The molecule has 0 saturated heterocycles. The van der Waals surface area contributed by atoms with E-state index in [9.17, 15) is 17.6 Å². The van der Waals surface area contributed by atoms with Crippen molar-refractivity contribution in [3.05, 3.63) is 54.5 Å². The molecule has 4 rings (SSSR count). The number of nitrogens with zero attached hydrogens (tertiary/aromatic N) is 5. The second kappa shape index (κ2) is 6.27. The highest BCUT2D eigenvalue weighted by atomic mass is 19.4. The summed E-state index contributed by atoms with van der Waals surface area (Å²) in [6.07, 6.45) is -0.862. The number of halogens is 4. The van der Waals surface area contributed by atoms with Gasteiger partial charge in [-0.05, 0) is 18.2 Å². The number of H-pyrrole nitrogens is 1. The molecule has 0 aliphatic rings. The minimum Gasteiger partial charge on any atom is -0.340 e. The van der Waals surface area contributed by atoms with E-state index in [0.29, 0.717) is 5.52 Å². The van der Waals surface area contributed by atoms with Crippen molar-refractivity contribution in [1.82, 2.24) is 29.9 Å². The molecule has 0 radical (unpaired) electrons. The summed E-state index contributed by atoms with van der Waals surface area (Å²) in [6.45, 7) is 0. The molecule has 27 heavy (non-hydrogen) atoms. The third-order valence-electron chi connectivity index (χ3n) is 3.58. The van der Waals surface area contributed by atoms with E-state index in [4.69, 9.17) is 0 Å². The van der Waals surface area contributed by atoms with Crippen molar-refractivity contribution in [3.63, 3.8) is 0 Å². The first-order chi connectivity index (χ1) is 12.9. The van der Waals surface area contributed by atoms with Crippen LogP contribution in [0.1, 0.15) is 5.69 Å². The van der Waals surface area contributed by atoms with Gasteiger partial charge in [-0.2, -0.15) is 13.2 Å². The Kier molecular flexibility index (Phi) is 3.90. The molecule has 0 amide bonds. The third kappa shape index (κ3) is 3.26. The van der Waals surface area contributed by atoms with Gasteiger partial charge in [-0.3, -0.25) is 4.98 Å². The molecule has 0 fully saturated rings. The molecule has 0 aliphatic carbocycles. The van der Waals surface area contributed by atoms with E-state index >= 15 is 0 Å². The Hall–Kier alpha value is -3.63. The Morgan fingerprint density at radius 3 is 2.67 bits per heavy atom. The van der Waals surface area contributed by atoms with E-state index in [2.05, 4.69) is 35.2 Å². The van der Waals surface area contributed by atoms with E-state index in [1.165, 1.54) is 30.7 Å². The van der Waals surface area contributed by atoms with Gasteiger partial charge in [0, 0.05) is 6.20 Å². The lowest BCUT2D eigenvalue weighted by atomic mass is 10.2. The molecule has 136 valence electrons. The Labute approximate surface area is 148 Å². The van der Waals surface area contributed by atoms with Crippen LogP contribution in [0.15, 0.2) is 43.0 Å². The second-order valence-electron chi connectivity index (χ2n) is 5.38. The van der Waals surface area contributed by atoms with Gasteiger partial charge in [-0.1, -0.05) is 6.07 Å². The van der Waals surface area contributed by atoms with Crippen LogP contribution in [0.5, 0.6) is 0 Å². The molecule has 2 N–H and O–H groups in total. The predicted octanol–water partition coefficient (Wildman–Crippen LogP) is 3.71. The molecule has 0 atom stereocenters. The molecule has 0 bridgehead atoms. The lowest BCUT2D eigenvalue weighted by Crippen LogP contribution is -2.09. The molecule has 7 nitrogen and oxygen atoms in total. The van der Waals surface area contributed by atoms with Gasteiger partial charge in [0.15, 0.2) is 23.1 Å². The number of nitrogens with one attached hydrogen (secondary N) is 2. The molecule has 4 heterocycles. The molecule has 0 saturated carbocycles. The van der Waals surface area contributed by atoms with Gasteiger partial charge in [0.25, 0.3) is 0 Å². The number of aromatic amines is 1. The molecule has 0 unspecified atom stereocenters. The van der Waals surface area contributed by atoms with Crippen LogP contribution in [0.4, 0.5) is 29.1 Å². The first-order valence-corrected chi connectivity index (χ1v) is 7.54. The van der Waals surface area contributed by atoms with Crippen LogP contribution >= 0.6 is 0 Å². The SMILES string of the molecule is Fc1cnccc1Nc1nc(-c2cccc(C(F)(F)F)n2)nc2nc[nH]c12. The van der Waals surface area contributed by atoms with E-state index < -0.39 is 17.7 Å². The van der Waals surface area contributed by atoms with Gasteiger partial charge in [0.1, 0.15) is 16.9 Å². The first-order valence-electron chi connectivity index (χ1n) is 7.54. The number of hydrogen-bond donors (Lipinski definition) is 2. The van der Waals surface area contributed by atoms with Crippen LogP contribution in [-0.2, 0) is 6.18 Å². The maximum absolute atomic E-state index is 13.9. The molecular weight excluding hydrogens is 366 g/mol. The van der Waals surface area contributed by atoms with E-state index in [1.54, 1.807) is 0 Å². The number of fused-ring (bicyclic) bond motifs is 1. The van der Waals surface area contributed by atoms with Crippen molar-refractivity contribution in [3.8, 4) is 11.5 Å². The zero-order valence-corrected chi connectivity index (χ0v) is 13.3. The number of alkyl halides is 3. The lowest BCUT2D eigenvalue weighted by Gasteiger charge is -2.10. The summed E-state index contributed by atoms with van der Waals surface area (Å²) < 4.78 is 52.6. The summed E-state index contributed by atoms with van der Waals surface area (Å²) in [6, 6.07) is 4.79. The highest BCUT2D eigenvalue weighted by Crippen LogP contribution is 2.30. The Balaban J connectivity index is 1.83. The average molecular weight is 375 g/mol. The smallest absolute Gasteiger partial charge is 0.340 e. The van der Waals surface area contributed by atoms with Crippen LogP contribution < -0.4 is 5.32 Å². The Morgan fingerprint density at radius 1 is 1.04 bits per heavy atom. The van der Waals surface area contributed by atoms with Crippen molar-refractivity contribution in [1.29, 1.82) is 0 Å². The van der Waals surface area contributed by atoms with Crippen molar-refractivity contribution in [2.75, 3.05) is 5.32 Å². The summed E-state index contributed by atoms with van der Waals surface area (Å²) in [7, 11) is 0. The Bertz CT molecular complexity index is 1120. The monoisotopic (exact) mass is 375 g/mol. The summed E-state index contributed by atoms with van der Waals surface area (Å²) in [5.41, 5.74) is -0.519. The fraction of sp³-hybridized carbons (Fsp3) is 0.0625. The van der Waals surface area contributed by atoms with E-state index in [1.807, 2.05) is 0 Å². The average Bonchev–Trinajstić information content (AvgIpc) is 3.12. The van der Waals surface area contributed by atoms with Crippen LogP contribution in [-0.4, -0.2) is 29.9 Å². The summed E-state index contributed by atoms with van der Waals surface area (Å²) in [5.74, 6) is -0.572. The second-order valence-corrected chi connectivity index (χ2v) is 5.38. The molecule has 4 aromatic rings. The number of imidazole rings is 1. The maximum Gasteiger partial charge on any atom is 0.433 e. The van der Waals surface area contributed by atoms with Gasteiger partial charge in [-0.25, -0.2) is 24.3 Å². The molecule has 4 aromatic heterocycles. The topological polar surface area (TPSA) is 92.3 Å². The minimum atomic E-state index is -4.60. The quantitative estimate of drug-likeness (QED) is 0.531. The molecule has 0 aromatic carbocycles. The van der Waals surface area contributed by atoms with Gasteiger partial charge in [0.05, 0.1) is 18.2 Å². The van der Waals surface area contributed by atoms with Gasteiger partial charge < -0.3 is 10.3 Å². The largest absolute Gasteiger partial charge is 0.433 e. The zero-order valence-electron chi connectivity index (χ0n) is 13.3. The number of aromatic nitrogens is 6. The third-order valence-corrected chi connectivity index (χ3v) is 3.58. The molecule has 0 aliphatic heterocycles. The Morgan fingerprint density at radius 2 is 1.89 bits per heavy atom. The fourth-order valence-electron chi connectivity index (χ4n) is 2.36. The van der Waals surface area contributed by atoms with Crippen molar-refractivity contribution >= 4 is 22.7 Å². The zero-order chi connectivity index (χ0) is 19.0. The number of anilines is 2. The molecule has 0 spiro atoms. The minimum absolute atomic E-state index is 0.0855. The summed E-state index contributed by atoms with van der Waals surface area (Å²) in [5, 5.41) is 2.77. The summed E-state index contributed by atoms with van der Waals surface area (Å²) in [4.78, 5) is 22.3. The fourth-order valence-corrected chi connectivity index (χ4v) is 2.36. The maximum atomic E-state index is 13.9. The van der Waals surface area contributed by atoms with Gasteiger partial charge in [0.2, 0.25) is 0 Å². The summed E-state index contributed by atoms with van der Waals surface area (Å²) >= 11 is 0. The van der Waals surface area contributed by atoms with Crippen LogP contribution in [0, 0.1) is 5.82 Å². The van der Waals surface area contributed by atoms with Crippen LogP contribution in [0.3, 0.4) is 0 Å². The van der Waals surface area contributed by atoms with E-state index in [-0.39, 0.29) is 28.7 Å².